The summed E-state index contributed by atoms with van der Waals surface area (Å²) in [4.78, 5) is 16.4. The Morgan fingerprint density at radius 2 is 1.85 bits per heavy atom. The summed E-state index contributed by atoms with van der Waals surface area (Å²) in [5.41, 5.74) is 0.440. The number of sulfonamides is 1. The Kier molecular flexibility index (Phi) is 5.81. The predicted molar refractivity (Wildman–Crippen MR) is 103 cm³/mol. The SMILES string of the molecule is C[C@@H](N=C1NS(=O)(=O)c2ccccc21)C(=O)OCCOc1ccc(Br)cc1. The van der Waals surface area contributed by atoms with Gasteiger partial charge in [-0.15, -0.1) is 0 Å². The van der Waals surface area contributed by atoms with Gasteiger partial charge in [0.1, 0.15) is 30.8 Å². The molecule has 0 aromatic heterocycles. The van der Waals surface area contributed by atoms with Gasteiger partial charge in [0.2, 0.25) is 0 Å². The fraction of sp³-hybridized carbons (Fsp3) is 0.222. The third kappa shape index (κ3) is 4.67. The van der Waals surface area contributed by atoms with Crippen molar-refractivity contribution in [2.24, 2.45) is 4.99 Å². The number of fused-ring (bicyclic) bond motifs is 1. The van der Waals surface area contributed by atoms with Gasteiger partial charge in [-0.2, -0.15) is 0 Å². The van der Waals surface area contributed by atoms with Gasteiger partial charge in [-0.25, -0.2) is 13.2 Å². The summed E-state index contributed by atoms with van der Waals surface area (Å²) in [6.45, 7) is 1.80. The van der Waals surface area contributed by atoms with Gasteiger partial charge < -0.3 is 9.47 Å². The predicted octanol–water partition coefficient (Wildman–Crippen LogP) is 2.50. The first-order chi connectivity index (χ1) is 12.9. The second-order valence-corrected chi connectivity index (χ2v) is 8.29. The number of esters is 1. The summed E-state index contributed by atoms with van der Waals surface area (Å²) in [5.74, 6) is 0.242. The Morgan fingerprint density at radius 1 is 1.15 bits per heavy atom. The van der Waals surface area contributed by atoms with E-state index < -0.39 is 22.0 Å². The van der Waals surface area contributed by atoms with Crippen LogP contribution in [0.15, 0.2) is 62.9 Å². The van der Waals surface area contributed by atoms with Crippen molar-refractivity contribution in [2.45, 2.75) is 17.9 Å². The molecule has 0 amide bonds. The Morgan fingerprint density at radius 3 is 2.59 bits per heavy atom. The second kappa shape index (κ2) is 8.10. The van der Waals surface area contributed by atoms with E-state index in [1.165, 1.54) is 6.07 Å². The molecule has 1 aliphatic heterocycles. The molecule has 0 aliphatic carbocycles. The fourth-order valence-corrected chi connectivity index (χ4v) is 3.93. The van der Waals surface area contributed by atoms with Crippen molar-refractivity contribution in [2.75, 3.05) is 13.2 Å². The molecule has 0 fully saturated rings. The van der Waals surface area contributed by atoms with E-state index in [-0.39, 0.29) is 23.9 Å². The highest BCUT2D eigenvalue weighted by atomic mass is 79.9. The smallest absolute Gasteiger partial charge is 0.330 e. The van der Waals surface area contributed by atoms with Crippen LogP contribution in [-0.4, -0.2) is 39.5 Å². The second-order valence-electron chi connectivity index (χ2n) is 5.73. The van der Waals surface area contributed by atoms with Crippen LogP contribution in [0.25, 0.3) is 0 Å². The summed E-state index contributed by atoms with van der Waals surface area (Å²) in [7, 11) is -3.64. The molecule has 0 saturated carbocycles. The number of nitrogens with one attached hydrogen (secondary N) is 1. The molecular weight excluding hydrogens is 436 g/mol. The van der Waals surface area contributed by atoms with Crippen LogP contribution in [0.1, 0.15) is 12.5 Å². The van der Waals surface area contributed by atoms with E-state index in [0.29, 0.717) is 11.3 Å². The van der Waals surface area contributed by atoms with Gasteiger partial charge in [-0.1, -0.05) is 28.1 Å². The van der Waals surface area contributed by atoms with Crippen molar-refractivity contribution in [3.63, 3.8) is 0 Å². The normalized spacial score (nSPS) is 17.0. The van der Waals surface area contributed by atoms with Gasteiger partial charge in [-0.3, -0.25) is 9.71 Å². The van der Waals surface area contributed by atoms with Crippen LogP contribution in [0.2, 0.25) is 0 Å². The lowest BCUT2D eigenvalue weighted by atomic mass is 10.2. The topological polar surface area (TPSA) is 94.1 Å². The van der Waals surface area contributed by atoms with Crippen LogP contribution in [0.5, 0.6) is 5.75 Å². The largest absolute Gasteiger partial charge is 0.490 e. The van der Waals surface area contributed by atoms with Gasteiger partial charge >= 0.3 is 5.97 Å². The van der Waals surface area contributed by atoms with Crippen molar-refractivity contribution in [1.29, 1.82) is 0 Å². The molecule has 1 atom stereocenters. The number of amidine groups is 1. The Balaban J connectivity index is 1.55. The summed E-state index contributed by atoms with van der Waals surface area (Å²) < 4.78 is 38.0. The zero-order valence-corrected chi connectivity index (χ0v) is 16.8. The fourth-order valence-electron chi connectivity index (χ4n) is 2.43. The van der Waals surface area contributed by atoms with Crippen LogP contribution < -0.4 is 9.46 Å². The molecule has 0 unspecified atom stereocenters. The third-order valence-corrected chi connectivity index (χ3v) is 5.66. The highest BCUT2D eigenvalue weighted by Gasteiger charge is 2.31. The summed E-state index contributed by atoms with van der Waals surface area (Å²) in [6, 6.07) is 12.9. The summed E-state index contributed by atoms with van der Waals surface area (Å²) in [5, 5.41) is 0. The summed E-state index contributed by atoms with van der Waals surface area (Å²) >= 11 is 3.34. The first kappa shape index (κ1) is 19.4. The molecule has 3 rings (SSSR count). The van der Waals surface area contributed by atoms with Gasteiger partial charge in [0.15, 0.2) is 0 Å². The molecular formula is C18H17BrN2O5S. The average Bonchev–Trinajstić information content (AvgIpc) is 2.90. The quantitative estimate of drug-likeness (QED) is 0.536. The molecule has 142 valence electrons. The Labute approximate surface area is 165 Å². The van der Waals surface area contributed by atoms with Crippen LogP contribution in [0.3, 0.4) is 0 Å². The maximum absolute atomic E-state index is 12.1. The number of nitrogens with zero attached hydrogens (tertiary/aromatic N) is 1. The van der Waals surface area contributed by atoms with E-state index in [4.69, 9.17) is 9.47 Å². The molecule has 1 N–H and O–H groups in total. The number of hydrogen-bond donors (Lipinski definition) is 1. The van der Waals surface area contributed by atoms with E-state index in [0.717, 1.165) is 4.47 Å². The van der Waals surface area contributed by atoms with E-state index in [2.05, 4.69) is 25.6 Å². The number of hydrogen-bond acceptors (Lipinski definition) is 6. The van der Waals surface area contributed by atoms with E-state index in [1.807, 2.05) is 12.1 Å². The van der Waals surface area contributed by atoms with E-state index >= 15 is 0 Å². The van der Waals surface area contributed by atoms with Crippen LogP contribution in [0.4, 0.5) is 0 Å². The maximum atomic E-state index is 12.1. The maximum Gasteiger partial charge on any atom is 0.330 e. The van der Waals surface area contributed by atoms with Crippen LogP contribution in [0, 0.1) is 0 Å². The van der Waals surface area contributed by atoms with Crippen molar-refractivity contribution < 1.29 is 22.7 Å². The highest BCUT2D eigenvalue weighted by molar-refractivity contribution is 9.10. The lowest BCUT2D eigenvalue weighted by Gasteiger charge is -2.10. The van der Waals surface area contributed by atoms with E-state index in [1.54, 1.807) is 37.3 Å². The minimum absolute atomic E-state index is 0.0619. The lowest BCUT2D eigenvalue weighted by Crippen LogP contribution is -2.27. The molecule has 1 aliphatic rings. The Bertz CT molecular complexity index is 974. The zero-order chi connectivity index (χ0) is 19.4. The molecule has 0 spiro atoms. The van der Waals surface area contributed by atoms with Gasteiger partial charge in [0, 0.05) is 10.0 Å². The lowest BCUT2D eigenvalue weighted by molar-refractivity contribution is -0.145. The van der Waals surface area contributed by atoms with Crippen molar-refractivity contribution in [3.05, 3.63) is 58.6 Å². The molecule has 1 heterocycles. The third-order valence-electron chi connectivity index (χ3n) is 3.74. The first-order valence-corrected chi connectivity index (χ1v) is 10.4. The zero-order valence-electron chi connectivity index (χ0n) is 14.4. The molecule has 0 radical (unpaired) electrons. The first-order valence-electron chi connectivity index (χ1n) is 8.12. The van der Waals surface area contributed by atoms with Crippen LogP contribution >= 0.6 is 15.9 Å². The minimum Gasteiger partial charge on any atom is -0.490 e. The average molecular weight is 453 g/mol. The van der Waals surface area contributed by atoms with Crippen molar-refractivity contribution in [3.8, 4) is 5.75 Å². The number of carbonyl (C=O) groups is 1. The van der Waals surface area contributed by atoms with Crippen molar-refractivity contribution >= 4 is 37.8 Å². The number of rotatable bonds is 6. The number of halogens is 1. The van der Waals surface area contributed by atoms with Crippen LogP contribution in [-0.2, 0) is 19.6 Å². The van der Waals surface area contributed by atoms with Gasteiger partial charge in [0.05, 0.1) is 4.90 Å². The van der Waals surface area contributed by atoms with Gasteiger partial charge in [-0.05, 0) is 43.3 Å². The molecule has 0 bridgehead atoms. The van der Waals surface area contributed by atoms with E-state index in [9.17, 15) is 13.2 Å². The molecule has 9 heteroatoms. The molecule has 2 aromatic rings. The molecule has 2 aromatic carbocycles. The standard InChI is InChI=1S/C18H17BrN2O5S/c1-12(18(22)26-11-10-25-14-8-6-13(19)7-9-14)20-17-15-4-2-3-5-16(15)27(23,24)21-17/h2-9,12H,10-11H2,1H3,(H,20,21)/t12-/m1/s1. The number of benzene rings is 2. The molecule has 0 saturated heterocycles. The molecule has 27 heavy (non-hydrogen) atoms. The highest BCUT2D eigenvalue weighted by Crippen LogP contribution is 2.22. The number of carbonyl (C=O) groups excluding carboxylic acids is 1. The number of aliphatic imine (C=N–C) groups is 1. The monoisotopic (exact) mass is 452 g/mol. The van der Waals surface area contributed by atoms with Crippen molar-refractivity contribution in [1.82, 2.24) is 4.72 Å². The minimum atomic E-state index is -3.64. The number of ether oxygens (including phenoxy) is 2. The summed E-state index contributed by atoms with van der Waals surface area (Å²) in [6.07, 6.45) is 0. The molecule has 7 nitrogen and oxygen atoms in total. The van der Waals surface area contributed by atoms with Gasteiger partial charge in [0.25, 0.3) is 10.0 Å². The Hall–Kier alpha value is -2.39.